The van der Waals surface area contributed by atoms with Crippen molar-refractivity contribution in [2.24, 2.45) is 12.0 Å². The summed E-state index contributed by atoms with van der Waals surface area (Å²) in [4.78, 5) is 15.6. The summed E-state index contributed by atoms with van der Waals surface area (Å²) in [5, 5.41) is 15.4. The van der Waals surface area contributed by atoms with Crippen LogP contribution in [-0.4, -0.2) is 70.4 Å². The first-order chi connectivity index (χ1) is 15.3. The number of nitrogens with one attached hydrogen (secondary N) is 3. The summed E-state index contributed by atoms with van der Waals surface area (Å²) in [5.41, 5.74) is 2.16. The van der Waals surface area contributed by atoms with Crippen LogP contribution in [0.25, 0.3) is 11.0 Å². The van der Waals surface area contributed by atoms with Gasteiger partial charge in [0.1, 0.15) is 12.1 Å². The molecule has 0 spiro atoms. The fourth-order valence-corrected chi connectivity index (χ4v) is 4.06. The van der Waals surface area contributed by atoms with Crippen molar-refractivity contribution in [2.75, 3.05) is 45.1 Å². The van der Waals surface area contributed by atoms with Crippen LogP contribution in [0.5, 0.6) is 0 Å². The Morgan fingerprint density at radius 1 is 1.09 bits per heavy atom. The fourth-order valence-electron chi connectivity index (χ4n) is 4.06. The molecule has 3 N–H and O–H groups in total. The Bertz CT molecular complexity index is 999. The molecule has 0 amide bonds. The number of benzene rings is 1. The molecule has 4 rings (SSSR count). The summed E-state index contributed by atoms with van der Waals surface area (Å²) < 4.78 is 1.75. The Balaban J connectivity index is 0.00000289. The SMILES string of the molecule is CN=C(NCCNc1ncnc2c1cnn2C)NCC(c1ccccc1)N1CCCC1.I. The third kappa shape index (κ3) is 5.85. The lowest BCUT2D eigenvalue weighted by Gasteiger charge is -2.29. The minimum Gasteiger partial charge on any atom is -0.368 e. The number of likely N-dealkylation sites (tertiary alicyclic amines) is 1. The third-order valence-corrected chi connectivity index (χ3v) is 5.69. The van der Waals surface area contributed by atoms with Crippen LogP contribution in [0.1, 0.15) is 24.4 Å². The third-order valence-electron chi connectivity index (χ3n) is 5.69. The molecule has 172 valence electrons. The van der Waals surface area contributed by atoms with Gasteiger partial charge in [-0.1, -0.05) is 30.3 Å². The molecule has 1 aromatic carbocycles. The second-order valence-electron chi connectivity index (χ2n) is 7.70. The zero-order chi connectivity index (χ0) is 21.5. The molecule has 1 fully saturated rings. The van der Waals surface area contributed by atoms with Crippen LogP contribution >= 0.6 is 24.0 Å². The quantitative estimate of drug-likeness (QED) is 0.172. The summed E-state index contributed by atoms with van der Waals surface area (Å²) >= 11 is 0. The number of nitrogens with zero attached hydrogens (tertiary/aromatic N) is 6. The second-order valence-corrected chi connectivity index (χ2v) is 7.70. The molecule has 32 heavy (non-hydrogen) atoms. The van der Waals surface area contributed by atoms with Crippen molar-refractivity contribution >= 4 is 46.8 Å². The maximum atomic E-state index is 4.39. The van der Waals surface area contributed by atoms with Crippen LogP contribution in [0.3, 0.4) is 0 Å². The van der Waals surface area contributed by atoms with Gasteiger partial charge in [0.05, 0.1) is 17.6 Å². The largest absolute Gasteiger partial charge is 0.368 e. The van der Waals surface area contributed by atoms with Gasteiger partial charge in [0.15, 0.2) is 11.6 Å². The highest BCUT2D eigenvalue weighted by Crippen LogP contribution is 2.24. The number of aromatic nitrogens is 4. The predicted molar refractivity (Wildman–Crippen MR) is 140 cm³/mol. The monoisotopic (exact) mass is 549 g/mol. The van der Waals surface area contributed by atoms with Gasteiger partial charge in [-0.15, -0.1) is 24.0 Å². The van der Waals surface area contributed by atoms with E-state index < -0.39 is 0 Å². The van der Waals surface area contributed by atoms with E-state index in [1.165, 1.54) is 18.4 Å². The van der Waals surface area contributed by atoms with Crippen molar-refractivity contribution in [3.05, 3.63) is 48.4 Å². The van der Waals surface area contributed by atoms with E-state index in [-0.39, 0.29) is 24.0 Å². The molecule has 1 unspecified atom stereocenters. The van der Waals surface area contributed by atoms with Crippen molar-refractivity contribution in [2.45, 2.75) is 18.9 Å². The van der Waals surface area contributed by atoms with Gasteiger partial charge in [-0.25, -0.2) is 9.97 Å². The van der Waals surface area contributed by atoms with Crippen LogP contribution in [0.2, 0.25) is 0 Å². The molecule has 10 heteroatoms. The summed E-state index contributed by atoms with van der Waals surface area (Å²) in [6, 6.07) is 11.1. The smallest absolute Gasteiger partial charge is 0.191 e. The summed E-state index contributed by atoms with van der Waals surface area (Å²) in [7, 11) is 3.68. The van der Waals surface area contributed by atoms with Gasteiger partial charge < -0.3 is 16.0 Å². The van der Waals surface area contributed by atoms with Gasteiger partial charge in [0.25, 0.3) is 0 Å². The molecule has 0 saturated carbocycles. The molecule has 2 aromatic heterocycles. The molecule has 1 atom stereocenters. The van der Waals surface area contributed by atoms with Gasteiger partial charge >= 0.3 is 0 Å². The number of aliphatic imine (C=N–C) groups is 1. The molecule has 0 bridgehead atoms. The highest BCUT2D eigenvalue weighted by molar-refractivity contribution is 14.0. The lowest BCUT2D eigenvalue weighted by molar-refractivity contribution is 0.245. The minimum atomic E-state index is 0. The van der Waals surface area contributed by atoms with Crippen LogP contribution < -0.4 is 16.0 Å². The average Bonchev–Trinajstić information content (AvgIpc) is 3.47. The molecular weight excluding hydrogens is 517 g/mol. The van der Waals surface area contributed by atoms with Crippen LogP contribution in [0.4, 0.5) is 5.82 Å². The van der Waals surface area contributed by atoms with Crippen molar-refractivity contribution in [3.63, 3.8) is 0 Å². The average molecular weight is 549 g/mol. The van der Waals surface area contributed by atoms with Gasteiger partial charge in [-0.05, 0) is 31.5 Å². The molecule has 1 aliphatic rings. The normalized spacial score (nSPS) is 15.4. The number of guanidine groups is 1. The lowest BCUT2D eigenvalue weighted by atomic mass is 10.1. The van der Waals surface area contributed by atoms with Gasteiger partial charge in [0, 0.05) is 33.7 Å². The number of anilines is 1. The van der Waals surface area contributed by atoms with Gasteiger partial charge in [-0.3, -0.25) is 14.6 Å². The molecule has 9 nitrogen and oxygen atoms in total. The predicted octanol–water partition coefficient (Wildman–Crippen LogP) is 2.40. The molecule has 3 heterocycles. The Morgan fingerprint density at radius 2 is 1.88 bits per heavy atom. The van der Waals surface area contributed by atoms with E-state index in [0.717, 1.165) is 42.4 Å². The summed E-state index contributed by atoms with van der Waals surface area (Å²) in [6.07, 6.45) is 5.89. The van der Waals surface area contributed by atoms with Gasteiger partial charge in [-0.2, -0.15) is 5.10 Å². The van der Waals surface area contributed by atoms with Crippen LogP contribution in [0, 0.1) is 0 Å². The van der Waals surface area contributed by atoms with Crippen molar-refractivity contribution in [3.8, 4) is 0 Å². The standard InChI is InChI=1S/C22H31N9.HI/c1-23-22(25-11-10-24-20-18-14-29-30(2)21(18)28-16-27-20)26-15-19(31-12-6-7-13-31)17-8-4-3-5-9-17;/h3-5,8-9,14,16,19H,6-7,10-13,15H2,1-2H3,(H2,23,25,26)(H,24,27,28);1H. The van der Waals surface area contributed by atoms with Crippen LogP contribution in [-0.2, 0) is 7.05 Å². The Morgan fingerprint density at radius 3 is 2.62 bits per heavy atom. The zero-order valence-electron chi connectivity index (χ0n) is 18.7. The van der Waals surface area contributed by atoms with E-state index >= 15 is 0 Å². The topological polar surface area (TPSA) is 95.3 Å². The van der Waals surface area contributed by atoms with Crippen molar-refractivity contribution in [1.82, 2.24) is 35.3 Å². The fraction of sp³-hybridized carbons (Fsp3) is 0.455. The zero-order valence-corrected chi connectivity index (χ0v) is 21.0. The Hall–Kier alpha value is -2.47. The van der Waals surface area contributed by atoms with E-state index in [2.05, 4.69) is 71.2 Å². The second kappa shape index (κ2) is 12.0. The molecule has 1 saturated heterocycles. The number of hydrogen-bond donors (Lipinski definition) is 3. The Labute approximate surface area is 206 Å². The van der Waals surface area contributed by atoms with E-state index in [0.29, 0.717) is 19.1 Å². The summed E-state index contributed by atoms with van der Waals surface area (Å²) in [6.45, 7) is 4.54. The molecule has 3 aromatic rings. The van der Waals surface area contributed by atoms with Crippen molar-refractivity contribution in [1.29, 1.82) is 0 Å². The first-order valence-electron chi connectivity index (χ1n) is 10.9. The first kappa shape index (κ1) is 24.2. The maximum Gasteiger partial charge on any atom is 0.191 e. The summed E-state index contributed by atoms with van der Waals surface area (Å²) in [5.74, 6) is 1.59. The lowest BCUT2D eigenvalue weighted by Crippen LogP contribution is -2.43. The molecule has 0 radical (unpaired) electrons. The highest BCUT2D eigenvalue weighted by atomic mass is 127. The number of aryl methyl sites for hydroxylation is 1. The van der Waals surface area contributed by atoms with Crippen LogP contribution in [0.15, 0.2) is 47.8 Å². The highest BCUT2D eigenvalue weighted by Gasteiger charge is 2.23. The molecular formula is C22H32IN9. The Kier molecular flexibility index (Phi) is 9.03. The number of fused-ring (bicyclic) bond motifs is 1. The molecule has 0 aliphatic carbocycles. The number of halogens is 1. The minimum absolute atomic E-state index is 0. The number of rotatable bonds is 8. The number of hydrogen-bond acceptors (Lipinski definition) is 6. The molecule has 1 aliphatic heterocycles. The van der Waals surface area contributed by atoms with Crippen molar-refractivity contribution < 1.29 is 0 Å². The first-order valence-corrected chi connectivity index (χ1v) is 10.9. The van der Waals surface area contributed by atoms with Gasteiger partial charge in [0.2, 0.25) is 0 Å². The van der Waals surface area contributed by atoms with E-state index in [1.54, 1.807) is 24.3 Å². The van der Waals surface area contributed by atoms with E-state index in [9.17, 15) is 0 Å². The van der Waals surface area contributed by atoms with E-state index in [1.807, 2.05) is 7.05 Å². The maximum absolute atomic E-state index is 4.39. The van der Waals surface area contributed by atoms with E-state index in [4.69, 9.17) is 0 Å².